The second-order valence-electron chi connectivity index (χ2n) is 5.53. The molecule has 0 radical (unpaired) electrons. The van der Waals surface area contributed by atoms with Crippen LogP contribution in [0.1, 0.15) is 0 Å². The van der Waals surface area contributed by atoms with Gasteiger partial charge in [0.05, 0.1) is 0 Å². The van der Waals surface area contributed by atoms with Gasteiger partial charge in [-0.1, -0.05) is 48.0 Å². The van der Waals surface area contributed by atoms with Crippen molar-refractivity contribution in [1.82, 2.24) is 14.4 Å². The van der Waals surface area contributed by atoms with Crippen molar-refractivity contribution in [3.63, 3.8) is 0 Å². The number of rotatable bonds is 4. The number of hydrogen-bond donors (Lipinski definition) is 2. The zero-order valence-electron chi connectivity index (χ0n) is 13.6. The number of halogens is 1. The third kappa shape index (κ3) is 2.90. The third-order valence-corrected chi connectivity index (χ3v) is 4.15. The minimum Gasteiger partial charge on any atom is -0.370 e. The normalized spacial score (nSPS) is 10.8. The summed E-state index contributed by atoms with van der Waals surface area (Å²) in [4.78, 5) is 9.17. The molecular weight excluding hydrogens is 334 g/mol. The van der Waals surface area contributed by atoms with Gasteiger partial charge in [0, 0.05) is 35.7 Å². The van der Waals surface area contributed by atoms with Crippen LogP contribution in [0.5, 0.6) is 0 Å². The molecular formula is C19H16ClN5. The number of imidazole rings is 1. The van der Waals surface area contributed by atoms with Crippen LogP contribution in [0.25, 0.3) is 16.9 Å². The van der Waals surface area contributed by atoms with E-state index in [9.17, 15) is 0 Å². The van der Waals surface area contributed by atoms with E-state index in [0.717, 1.165) is 34.2 Å². The first-order valence-electron chi connectivity index (χ1n) is 7.89. The predicted molar refractivity (Wildman–Crippen MR) is 103 cm³/mol. The molecule has 0 spiro atoms. The smallest absolute Gasteiger partial charge is 0.182 e. The van der Waals surface area contributed by atoms with Crippen LogP contribution in [0.3, 0.4) is 0 Å². The maximum atomic E-state index is 6.13. The second kappa shape index (κ2) is 6.45. The van der Waals surface area contributed by atoms with Crippen LogP contribution in [-0.2, 0) is 0 Å². The highest BCUT2D eigenvalue weighted by Crippen LogP contribution is 2.33. The molecule has 4 aromatic rings. The first kappa shape index (κ1) is 15.5. The number of benzene rings is 2. The van der Waals surface area contributed by atoms with E-state index in [1.165, 1.54) is 0 Å². The third-order valence-electron chi connectivity index (χ3n) is 3.91. The average Bonchev–Trinajstić information content (AvgIpc) is 3.01. The lowest BCUT2D eigenvalue weighted by atomic mass is 10.1. The zero-order valence-corrected chi connectivity index (χ0v) is 14.3. The Morgan fingerprint density at radius 3 is 2.64 bits per heavy atom. The van der Waals surface area contributed by atoms with Crippen molar-refractivity contribution in [2.45, 2.75) is 0 Å². The van der Waals surface area contributed by atoms with Gasteiger partial charge >= 0.3 is 0 Å². The van der Waals surface area contributed by atoms with Crippen LogP contribution in [0.4, 0.5) is 17.3 Å². The van der Waals surface area contributed by atoms with Crippen molar-refractivity contribution >= 4 is 34.6 Å². The van der Waals surface area contributed by atoms with Crippen molar-refractivity contribution in [3.8, 4) is 11.3 Å². The topological polar surface area (TPSA) is 54.2 Å². The van der Waals surface area contributed by atoms with Crippen molar-refractivity contribution in [1.29, 1.82) is 0 Å². The highest BCUT2D eigenvalue weighted by Gasteiger charge is 2.16. The Bertz CT molecular complexity index is 1030. The molecule has 0 bridgehead atoms. The summed E-state index contributed by atoms with van der Waals surface area (Å²) in [6.07, 6.45) is 3.64. The number of nitrogens with one attached hydrogen (secondary N) is 2. The van der Waals surface area contributed by atoms with Crippen LogP contribution < -0.4 is 10.6 Å². The molecule has 0 amide bonds. The van der Waals surface area contributed by atoms with Crippen LogP contribution in [0.15, 0.2) is 67.0 Å². The lowest BCUT2D eigenvalue weighted by molar-refractivity contribution is 1.12. The Morgan fingerprint density at radius 2 is 1.88 bits per heavy atom. The molecule has 25 heavy (non-hydrogen) atoms. The summed E-state index contributed by atoms with van der Waals surface area (Å²) < 4.78 is 1.99. The maximum absolute atomic E-state index is 6.13. The van der Waals surface area contributed by atoms with Gasteiger partial charge < -0.3 is 10.6 Å². The Balaban J connectivity index is 1.93. The highest BCUT2D eigenvalue weighted by molar-refractivity contribution is 6.30. The zero-order chi connectivity index (χ0) is 17.2. The van der Waals surface area contributed by atoms with Crippen LogP contribution in [0, 0.1) is 0 Å². The summed E-state index contributed by atoms with van der Waals surface area (Å²) in [5.41, 5.74) is 3.53. The van der Waals surface area contributed by atoms with Gasteiger partial charge in [-0.25, -0.2) is 9.97 Å². The highest BCUT2D eigenvalue weighted by atomic mass is 35.5. The van der Waals surface area contributed by atoms with Gasteiger partial charge in [0.25, 0.3) is 0 Å². The molecule has 2 heterocycles. The molecule has 2 aromatic carbocycles. The fraction of sp³-hybridized carbons (Fsp3) is 0.0526. The standard InChI is InChI=1S/C19H16ClN5/c1-21-17-19-24-16(13-6-3-2-4-7-13)18(25(19)11-10-22-17)23-15-9-5-8-14(20)12-15/h2-12,23H,1H3,(H,21,22). The van der Waals surface area contributed by atoms with E-state index in [4.69, 9.17) is 16.6 Å². The first-order valence-corrected chi connectivity index (χ1v) is 8.27. The van der Waals surface area contributed by atoms with Gasteiger partial charge in [0.15, 0.2) is 11.5 Å². The second-order valence-corrected chi connectivity index (χ2v) is 5.97. The largest absolute Gasteiger partial charge is 0.370 e. The van der Waals surface area contributed by atoms with Crippen LogP contribution >= 0.6 is 11.6 Å². The van der Waals surface area contributed by atoms with Gasteiger partial charge in [-0.3, -0.25) is 4.40 Å². The number of aromatic nitrogens is 3. The van der Waals surface area contributed by atoms with Crippen LogP contribution in [0.2, 0.25) is 5.02 Å². The Labute approximate surface area is 150 Å². The Morgan fingerprint density at radius 1 is 1.04 bits per heavy atom. The Kier molecular flexibility index (Phi) is 3.99. The van der Waals surface area contributed by atoms with Crippen LogP contribution in [-0.4, -0.2) is 21.4 Å². The lowest BCUT2D eigenvalue weighted by Gasteiger charge is -2.09. The lowest BCUT2D eigenvalue weighted by Crippen LogP contribution is -2.00. The molecule has 0 aliphatic rings. The molecule has 4 rings (SSSR count). The fourth-order valence-electron chi connectivity index (χ4n) is 2.77. The van der Waals surface area contributed by atoms with E-state index < -0.39 is 0 Å². The fourth-order valence-corrected chi connectivity index (χ4v) is 2.96. The number of hydrogen-bond acceptors (Lipinski definition) is 4. The van der Waals surface area contributed by atoms with Crippen molar-refractivity contribution in [2.75, 3.05) is 17.7 Å². The van der Waals surface area contributed by atoms with E-state index in [0.29, 0.717) is 5.02 Å². The van der Waals surface area contributed by atoms with Gasteiger partial charge in [0.2, 0.25) is 0 Å². The van der Waals surface area contributed by atoms with Gasteiger partial charge in [-0.05, 0) is 18.2 Å². The van der Waals surface area contributed by atoms with E-state index in [-0.39, 0.29) is 0 Å². The van der Waals surface area contributed by atoms with Crippen molar-refractivity contribution in [2.24, 2.45) is 0 Å². The Hall–Kier alpha value is -3.05. The molecule has 0 saturated carbocycles. The predicted octanol–water partition coefficient (Wildman–Crippen LogP) is 4.84. The summed E-state index contributed by atoms with van der Waals surface area (Å²) in [6.45, 7) is 0. The molecule has 0 aliphatic heterocycles. The minimum atomic E-state index is 0.678. The van der Waals surface area contributed by atoms with Gasteiger partial charge in [-0.2, -0.15) is 0 Å². The molecule has 124 valence electrons. The average molecular weight is 350 g/mol. The van der Waals surface area contributed by atoms with Crippen molar-refractivity contribution < 1.29 is 0 Å². The SMILES string of the molecule is CNc1nccn2c(Nc3cccc(Cl)c3)c(-c3ccccc3)nc12. The molecule has 6 heteroatoms. The quantitative estimate of drug-likeness (QED) is 0.553. The minimum absolute atomic E-state index is 0.678. The molecule has 0 aliphatic carbocycles. The van der Waals surface area contributed by atoms with E-state index in [1.54, 1.807) is 6.20 Å². The van der Waals surface area contributed by atoms with Gasteiger partial charge in [-0.15, -0.1) is 0 Å². The summed E-state index contributed by atoms with van der Waals surface area (Å²) in [5.74, 6) is 1.58. The number of nitrogens with zero attached hydrogens (tertiary/aromatic N) is 3. The monoisotopic (exact) mass is 349 g/mol. The van der Waals surface area contributed by atoms with E-state index >= 15 is 0 Å². The first-order chi connectivity index (χ1) is 12.3. The summed E-state index contributed by atoms with van der Waals surface area (Å²) >= 11 is 6.13. The number of anilines is 3. The number of fused-ring (bicyclic) bond motifs is 1. The molecule has 0 fully saturated rings. The van der Waals surface area contributed by atoms with Crippen molar-refractivity contribution in [3.05, 3.63) is 72.0 Å². The summed E-state index contributed by atoms with van der Waals surface area (Å²) in [6, 6.07) is 17.7. The molecule has 0 atom stereocenters. The molecule has 2 aromatic heterocycles. The van der Waals surface area contributed by atoms with Gasteiger partial charge in [0.1, 0.15) is 11.5 Å². The molecule has 0 saturated heterocycles. The maximum Gasteiger partial charge on any atom is 0.182 e. The molecule has 0 unspecified atom stereocenters. The molecule has 5 nitrogen and oxygen atoms in total. The van der Waals surface area contributed by atoms with E-state index in [2.05, 4.69) is 15.6 Å². The summed E-state index contributed by atoms with van der Waals surface area (Å²) in [7, 11) is 1.84. The summed E-state index contributed by atoms with van der Waals surface area (Å²) in [5, 5.41) is 7.22. The van der Waals surface area contributed by atoms with E-state index in [1.807, 2.05) is 72.2 Å². The molecule has 2 N–H and O–H groups in total.